The smallest absolute Gasteiger partial charge is 0.200 e. The summed E-state index contributed by atoms with van der Waals surface area (Å²) in [6.45, 7) is 6.56. The summed E-state index contributed by atoms with van der Waals surface area (Å²) >= 11 is 6.61. The molecule has 0 atom stereocenters. The van der Waals surface area contributed by atoms with Crippen LogP contribution in [0.25, 0.3) is 22.2 Å². The first-order valence-corrected chi connectivity index (χ1v) is 11.2. The Kier molecular flexibility index (Phi) is 5.79. The number of benzene rings is 1. The molecule has 4 rings (SSSR count). The van der Waals surface area contributed by atoms with Crippen LogP contribution < -0.4 is 0 Å². The summed E-state index contributed by atoms with van der Waals surface area (Å²) in [5.41, 5.74) is 3.45. The van der Waals surface area contributed by atoms with E-state index in [1.165, 1.54) is 11.1 Å². The highest BCUT2D eigenvalue weighted by Crippen LogP contribution is 2.31. The van der Waals surface area contributed by atoms with E-state index in [1.54, 1.807) is 23.1 Å². The highest BCUT2D eigenvalue weighted by molar-refractivity contribution is 9.10. The van der Waals surface area contributed by atoms with E-state index >= 15 is 0 Å². The molecule has 0 fully saturated rings. The summed E-state index contributed by atoms with van der Waals surface area (Å²) in [5, 5.41) is 12.6. The van der Waals surface area contributed by atoms with Gasteiger partial charge in [0.25, 0.3) is 0 Å². The number of thiazole rings is 1. The molecule has 0 aliphatic rings. The van der Waals surface area contributed by atoms with Crippen molar-refractivity contribution in [3.8, 4) is 22.2 Å². The van der Waals surface area contributed by atoms with E-state index in [0.29, 0.717) is 22.8 Å². The molecule has 5 nitrogen and oxygen atoms in total. The molecule has 4 aromatic rings. The van der Waals surface area contributed by atoms with Crippen molar-refractivity contribution in [3.63, 3.8) is 0 Å². The summed E-state index contributed by atoms with van der Waals surface area (Å²) in [6, 6.07) is 12.0. The fraction of sp³-hybridized carbons (Fsp3) is 0.150. The SMILES string of the molecule is C=CCn1c(SCc2csc(-c3ccccc3C)n2)nnc1-c1ccc(Br)o1. The van der Waals surface area contributed by atoms with Gasteiger partial charge in [-0.3, -0.25) is 4.57 Å². The van der Waals surface area contributed by atoms with Crippen molar-refractivity contribution in [1.82, 2.24) is 19.7 Å². The number of thioether (sulfide) groups is 1. The van der Waals surface area contributed by atoms with Gasteiger partial charge in [-0.15, -0.1) is 28.1 Å². The summed E-state index contributed by atoms with van der Waals surface area (Å²) in [4.78, 5) is 4.80. The van der Waals surface area contributed by atoms with Crippen LogP contribution in [0.5, 0.6) is 0 Å². The highest BCUT2D eigenvalue weighted by Gasteiger charge is 2.17. The van der Waals surface area contributed by atoms with Crippen LogP contribution in [-0.4, -0.2) is 19.7 Å². The molecule has 0 radical (unpaired) electrons. The van der Waals surface area contributed by atoms with Crippen molar-refractivity contribution >= 4 is 39.0 Å². The minimum atomic E-state index is 0.606. The van der Waals surface area contributed by atoms with Gasteiger partial charge >= 0.3 is 0 Å². The van der Waals surface area contributed by atoms with Gasteiger partial charge in [0.15, 0.2) is 15.6 Å². The Labute approximate surface area is 179 Å². The molecule has 0 saturated heterocycles. The van der Waals surface area contributed by atoms with Crippen molar-refractivity contribution in [1.29, 1.82) is 0 Å². The molecule has 142 valence electrons. The van der Waals surface area contributed by atoms with E-state index < -0.39 is 0 Å². The number of allylic oxidation sites excluding steroid dienone is 1. The first-order chi connectivity index (χ1) is 13.7. The van der Waals surface area contributed by atoms with Crippen LogP contribution in [0.1, 0.15) is 11.3 Å². The quantitative estimate of drug-likeness (QED) is 0.236. The van der Waals surface area contributed by atoms with Gasteiger partial charge in [-0.1, -0.05) is 42.1 Å². The van der Waals surface area contributed by atoms with Crippen molar-refractivity contribution < 1.29 is 4.42 Å². The van der Waals surface area contributed by atoms with Crippen molar-refractivity contribution in [3.05, 3.63) is 70.4 Å². The molecule has 0 spiro atoms. The lowest BCUT2D eigenvalue weighted by Gasteiger charge is -2.05. The van der Waals surface area contributed by atoms with E-state index in [4.69, 9.17) is 9.40 Å². The number of aromatic nitrogens is 4. The molecule has 0 amide bonds. The van der Waals surface area contributed by atoms with Gasteiger partial charge in [0.2, 0.25) is 5.82 Å². The second-order valence-electron chi connectivity index (χ2n) is 6.06. The number of aryl methyl sites for hydroxylation is 1. The van der Waals surface area contributed by atoms with Crippen molar-refractivity contribution in [2.45, 2.75) is 24.4 Å². The van der Waals surface area contributed by atoms with Gasteiger partial charge in [0.1, 0.15) is 5.01 Å². The second-order valence-corrected chi connectivity index (χ2v) is 8.64. The lowest BCUT2D eigenvalue weighted by atomic mass is 10.1. The fourth-order valence-electron chi connectivity index (χ4n) is 2.75. The number of nitrogens with zero attached hydrogens (tertiary/aromatic N) is 4. The van der Waals surface area contributed by atoms with Gasteiger partial charge in [-0.25, -0.2) is 4.98 Å². The average molecular weight is 473 g/mol. The molecule has 0 N–H and O–H groups in total. The fourth-order valence-corrected chi connectivity index (χ4v) is 4.92. The largest absolute Gasteiger partial charge is 0.446 e. The van der Waals surface area contributed by atoms with Crippen LogP contribution in [0.4, 0.5) is 0 Å². The van der Waals surface area contributed by atoms with E-state index in [1.807, 2.05) is 34.9 Å². The Morgan fingerprint density at radius 1 is 1.25 bits per heavy atom. The minimum absolute atomic E-state index is 0.606. The summed E-state index contributed by atoms with van der Waals surface area (Å²) in [7, 11) is 0. The van der Waals surface area contributed by atoms with Crippen LogP contribution in [0.3, 0.4) is 0 Å². The van der Waals surface area contributed by atoms with Gasteiger partial charge < -0.3 is 4.42 Å². The summed E-state index contributed by atoms with van der Waals surface area (Å²) in [5.74, 6) is 2.08. The van der Waals surface area contributed by atoms with E-state index in [9.17, 15) is 0 Å². The lowest BCUT2D eigenvalue weighted by molar-refractivity contribution is 0.545. The zero-order valence-corrected chi connectivity index (χ0v) is 18.4. The molecule has 28 heavy (non-hydrogen) atoms. The maximum atomic E-state index is 5.64. The number of rotatable bonds is 7. The third kappa shape index (κ3) is 3.99. The minimum Gasteiger partial charge on any atom is -0.446 e. The van der Waals surface area contributed by atoms with Crippen LogP contribution in [0.2, 0.25) is 0 Å². The van der Waals surface area contributed by atoms with E-state index in [0.717, 1.165) is 21.6 Å². The molecule has 0 aliphatic carbocycles. The zero-order chi connectivity index (χ0) is 19.5. The molecule has 1 aromatic carbocycles. The Morgan fingerprint density at radius 2 is 2.11 bits per heavy atom. The third-order valence-corrected chi connectivity index (χ3v) is 6.45. The van der Waals surface area contributed by atoms with Crippen LogP contribution in [-0.2, 0) is 12.3 Å². The lowest BCUT2D eigenvalue weighted by Crippen LogP contribution is -2.00. The third-order valence-electron chi connectivity index (χ3n) is 4.10. The van der Waals surface area contributed by atoms with Gasteiger partial charge in [-0.05, 0) is 40.5 Å². The van der Waals surface area contributed by atoms with E-state index in [-0.39, 0.29) is 0 Å². The predicted octanol–water partition coefficient (Wildman–Crippen LogP) is 6.21. The summed E-state index contributed by atoms with van der Waals surface area (Å²) < 4.78 is 8.30. The van der Waals surface area contributed by atoms with Crippen LogP contribution in [0.15, 0.2) is 68.7 Å². The number of furan rings is 1. The van der Waals surface area contributed by atoms with Gasteiger partial charge in [0, 0.05) is 23.2 Å². The van der Waals surface area contributed by atoms with E-state index in [2.05, 4.69) is 57.1 Å². The molecule has 3 heterocycles. The molecule has 0 bridgehead atoms. The molecule has 0 aliphatic heterocycles. The Balaban J connectivity index is 1.53. The monoisotopic (exact) mass is 472 g/mol. The maximum Gasteiger partial charge on any atom is 0.200 e. The van der Waals surface area contributed by atoms with Crippen molar-refractivity contribution in [2.24, 2.45) is 0 Å². The Bertz CT molecular complexity index is 1120. The average Bonchev–Trinajstić information content (AvgIpc) is 3.41. The van der Waals surface area contributed by atoms with Gasteiger partial charge in [0.05, 0.1) is 5.69 Å². The maximum absolute atomic E-state index is 5.64. The molecule has 3 aromatic heterocycles. The molecular weight excluding hydrogens is 456 g/mol. The number of hydrogen-bond donors (Lipinski definition) is 0. The van der Waals surface area contributed by atoms with Crippen molar-refractivity contribution in [2.75, 3.05) is 0 Å². The zero-order valence-electron chi connectivity index (χ0n) is 15.1. The standard InChI is InChI=1S/C20H17BrN4OS2/c1-3-10-25-18(16-8-9-17(21)26-16)23-24-20(25)28-12-14-11-27-19(22-14)15-7-5-4-6-13(15)2/h3-9,11H,1,10,12H2,2H3. The molecule has 0 unspecified atom stereocenters. The predicted molar refractivity (Wildman–Crippen MR) is 117 cm³/mol. The molecule has 0 saturated carbocycles. The Hall–Kier alpha value is -2.16. The van der Waals surface area contributed by atoms with Crippen LogP contribution in [0, 0.1) is 6.92 Å². The Morgan fingerprint density at radius 3 is 2.86 bits per heavy atom. The summed E-state index contributed by atoms with van der Waals surface area (Å²) in [6.07, 6.45) is 1.83. The first-order valence-electron chi connectivity index (χ1n) is 8.58. The molecular formula is C20H17BrN4OS2. The highest BCUT2D eigenvalue weighted by atomic mass is 79.9. The van der Waals surface area contributed by atoms with Crippen LogP contribution >= 0.6 is 39.0 Å². The number of halogens is 1. The van der Waals surface area contributed by atoms with Gasteiger partial charge in [-0.2, -0.15) is 0 Å². The second kappa shape index (κ2) is 8.46. The topological polar surface area (TPSA) is 56.7 Å². The number of hydrogen-bond acceptors (Lipinski definition) is 6. The first kappa shape index (κ1) is 19.2. The molecule has 8 heteroatoms. The normalized spacial score (nSPS) is 11.1.